The fraction of sp³-hybridized carbons (Fsp3) is 0.391. The first-order valence-electron chi connectivity index (χ1n) is 10.2. The summed E-state index contributed by atoms with van der Waals surface area (Å²) < 4.78 is 10.4. The van der Waals surface area contributed by atoms with E-state index in [4.69, 9.17) is 9.26 Å². The third-order valence-electron chi connectivity index (χ3n) is 5.47. The molecule has 1 aromatic carbocycles. The van der Waals surface area contributed by atoms with Crippen molar-refractivity contribution in [2.75, 3.05) is 33.3 Å². The second kappa shape index (κ2) is 9.02. The number of ether oxygens (including phenoxy) is 1. The molecule has 3 heterocycles. The van der Waals surface area contributed by atoms with Gasteiger partial charge in [-0.25, -0.2) is 0 Å². The van der Waals surface area contributed by atoms with Gasteiger partial charge in [0.25, 0.3) is 5.91 Å². The normalized spacial score (nSPS) is 15.2. The van der Waals surface area contributed by atoms with Gasteiger partial charge in [-0.3, -0.25) is 9.69 Å². The van der Waals surface area contributed by atoms with Crippen molar-refractivity contribution in [2.45, 2.75) is 26.8 Å². The second-order valence-electron chi connectivity index (χ2n) is 7.66. The van der Waals surface area contributed by atoms with E-state index < -0.39 is 0 Å². The molecule has 1 saturated heterocycles. The van der Waals surface area contributed by atoms with E-state index in [1.54, 1.807) is 18.4 Å². The summed E-state index contributed by atoms with van der Waals surface area (Å²) in [5.41, 5.74) is 3.17. The molecule has 30 heavy (non-hydrogen) atoms. The van der Waals surface area contributed by atoms with Gasteiger partial charge in [0.1, 0.15) is 11.5 Å². The molecule has 0 aliphatic carbocycles. The first-order chi connectivity index (χ1) is 14.5. The number of amides is 1. The minimum Gasteiger partial charge on any atom is -0.497 e. The minimum atomic E-state index is 0.127. The molecule has 1 aliphatic rings. The average molecular weight is 426 g/mol. The lowest BCUT2D eigenvalue weighted by molar-refractivity contribution is 0.0766. The quantitative estimate of drug-likeness (QED) is 0.607. The summed E-state index contributed by atoms with van der Waals surface area (Å²) in [6, 6.07) is 12.0. The Morgan fingerprint density at radius 1 is 1.13 bits per heavy atom. The van der Waals surface area contributed by atoms with Crippen LogP contribution < -0.4 is 4.74 Å². The van der Waals surface area contributed by atoms with Crippen LogP contribution in [0.3, 0.4) is 0 Å². The van der Waals surface area contributed by atoms with Crippen molar-refractivity contribution in [1.82, 2.24) is 15.0 Å². The number of carbonyl (C=O) groups excluding carboxylic acids is 1. The highest BCUT2D eigenvalue weighted by molar-refractivity contribution is 7.14. The zero-order valence-electron chi connectivity index (χ0n) is 17.7. The van der Waals surface area contributed by atoms with E-state index in [-0.39, 0.29) is 5.91 Å². The van der Waals surface area contributed by atoms with Crippen LogP contribution in [0.15, 0.2) is 40.9 Å². The monoisotopic (exact) mass is 425 g/mol. The van der Waals surface area contributed by atoms with Crippen LogP contribution in [0.5, 0.6) is 5.75 Å². The summed E-state index contributed by atoms with van der Waals surface area (Å²) in [5, 5.41) is 4.09. The molecule has 1 amide bonds. The molecule has 1 fully saturated rings. The van der Waals surface area contributed by atoms with Crippen LogP contribution in [-0.2, 0) is 6.54 Å². The number of thiophene rings is 1. The van der Waals surface area contributed by atoms with Crippen LogP contribution in [0.2, 0.25) is 0 Å². The Labute approximate surface area is 181 Å². The molecule has 0 radical (unpaired) electrons. The smallest absolute Gasteiger partial charge is 0.263 e. The Hall–Kier alpha value is -2.64. The fourth-order valence-electron chi connectivity index (χ4n) is 3.85. The summed E-state index contributed by atoms with van der Waals surface area (Å²) in [6.07, 6.45) is 0.957. The third kappa shape index (κ3) is 4.57. The molecule has 7 heteroatoms. The first-order valence-corrected chi connectivity index (χ1v) is 11.0. The third-order valence-corrected chi connectivity index (χ3v) is 6.51. The van der Waals surface area contributed by atoms with E-state index in [9.17, 15) is 4.79 Å². The van der Waals surface area contributed by atoms with Gasteiger partial charge in [0.05, 0.1) is 17.7 Å². The molecule has 3 aromatic rings. The predicted molar refractivity (Wildman–Crippen MR) is 118 cm³/mol. The van der Waals surface area contributed by atoms with Gasteiger partial charge in [-0.1, -0.05) is 17.3 Å². The van der Waals surface area contributed by atoms with Gasteiger partial charge < -0.3 is 14.2 Å². The minimum absolute atomic E-state index is 0.127. The largest absolute Gasteiger partial charge is 0.497 e. The molecule has 158 valence electrons. The highest BCUT2D eigenvalue weighted by atomic mass is 32.1. The summed E-state index contributed by atoms with van der Waals surface area (Å²) in [7, 11) is 1.66. The Morgan fingerprint density at radius 3 is 2.63 bits per heavy atom. The Balaban J connectivity index is 1.42. The highest BCUT2D eigenvalue weighted by Crippen LogP contribution is 2.32. The number of methoxy groups -OCH3 is 1. The van der Waals surface area contributed by atoms with E-state index in [2.05, 4.69) is 17.0 Å². The van der Waals surface area contributed by atoms with E-state index >= 15 is 0 Å². The van der Waals surface area contributed by atoms with E-state index in [1.807, 2.05) is 48.2 Å². The summed E-state index contributed by atoms with van der Waals surface area (Å²) >= 11 is 1.58. The maximum absolute atomic E-state index is 13.2. The van der Waals surface area contributed by atoms with Gasteiger partial charge in [-0.15, -0.1) is 11.3 Å². The number of carbonyl (C=O) groups is 1. The van der Waals surface area contributed by atoms with Gasteiger partial charge >= 0.3 is 0 Å². The number of aryl methyl sites for hydroxylation is 2. The number of hydrogen-bond acceptors (Lipinski definition) is 6. The van der Waals surface area contributed by atoms with Crippen molar-refractivity contribution in [3.8, 4) is 16.9 Å². The lowest BCUT2D eigenvalue weighted by Gasteiger charge is -2.21. The van der Waals surface area contributed by atoms with Crippen molar-refractivity contribution in [2.24, 2.45) is 0 Å². The van der Waals surface area contributed by atoms with Gasteiger partial charge in [-0.05, 0) is 49.6 Å². The van der Waals surface area contributed by atoms with E-state index in [0.29, 0.717) is 0 Å². The molecule has 0 spiro atoms. The Morgan fingerprint density at radius 2 is 1.93 bits per heavy atom. The van der Waals surface area contributed by atoms with Crippen LogP contribution in [-0.4, -0.2) is 54.2 Å². The highest BCUT2D eigenvalue weighted by Gasteiger charge is 2.23. The molecule has 0 bridgehead atoms. The maximum atomic E-state index is 13.2. The number of hydrogen-bond donors (Lipinski definition) is 0. The van der Waals surface area contributed by atoms with Gasteiger partial charge in [0.2, 0.25) is 0 Å². The summed E-state index contributed by atoms with van der Waals surface area (Å²) in [4.78, 5) is 19.5. The Kier molecular flexibility index (Phi) is 6.20. The van der Waals surface area contributed by atoms with Crippen molar-refractivity contribution >= 4 is 17.2 Å². The maximum Gasteiger partial charge on any atom is 0.263 e. The van der Waals surface area contributed by atoms with Crippen LogP contribution in [0.1, 0.15) is 32.4 Å². The summed E-state index contributed by atoms with van der Waals surface area (Å²) in [5.74, 6) is 1.79. The van der Waals surface area contributed by atoms with Crippen molar-refractivity contribution < 1.29 is 14.1 Å². The number of nitrogens with zero attached hydrogens (tertiary/aromatic N) is 3. The van der Waals surface area contributed by atoms with E-state index in [1.165, 1.54) is 0 Å². The number of rotatable bonds is 5. The van der Waals surface area contributed by atoms with Crippen LogP contribution >= 0.6 is 11.3 Å². The van der Waals surface area contributed by atoms with Crippen LogP contribution in [0.25, 0.3) is 11.1 Å². The molecule has 4 rings (SSSR count). The zero-order chi connectivity index (χ0) is 21.1. The van der Waals surface area contributed by atoms with Gasteiger partial charge in [0.15, 0.2) is 0 Å². The molecule has 6 nitrogen and oxygen atoms in total. The van der Waals surface area contributed by atoms with Gasteiger partial charge in [0, 0.05) is 43.7 Å². The lowest BCUT2D eigenvalue weighted by atomic mass is 10.1. The SMILES string of the molecule is COc1ccc(-c2cc(C(=O)N3CCCN(Cc4cc(C)on4)CC3)sc2C)cc1. The van der Waals surface area contributed by atoms with Crippen LogP contribution in [0.4, 0.5) is 0 Å². The molecule has 0 saturated carbocycles. The average Bonchev–Trinajstić information content (AvgIpc) is 3.26. The van der Waals surface area contributed by atoms with Crippen molar-refractivity contribution in [3.05, 3.63) is 57.6 Å². The lowest BCUT2D eigenvalue weighted by Crippen LogP contribution is -2.34. The fourth-order valence-corrected chi connectivity index (χ4v) is 4.86. The molecule has 2 aromatic heterocycles. The molecule has 0 unspecified atom stereocenters. The topological polar surface area (TPSA) is 58.8 Å². The van der Waals surface area contributed by atoms with Crippen molar-refractivity contribution in [1.29, 1.82) is 0 Å². The van der Waals surface area contributed by atoms with Gasteiger partial charge in [-0.2, -0.15) is 0 Å². The zero-order valence-corrected chi connectivity index (χ0v) is 18.5. The molecule has 1 aliphatic heterocycles. The molecule has 0 N–H and O–H groups in total. The predicted octanol–water partition coefficient (Wildman–Crippen LogP) is 4.38. The number of benzene rings is 1. The molecule has 0 atom stereocenters. The standard InChI is InChI=1S/C23H27N3O3S/c1-16-13-19(24-29-16)15-25-9-4-10-26(12-11-25)23(27)22-14-21(17(2)30-22)18-5-7-20(28-3)8-6-18/h5-8,13-14H,4,9-12,15H2,1-3H3. The number of aromatic nitrogens is 1. The van der Waals surface area contributed by atoms with Crippen LogP contribution in [0, 0.1) is 13.8 Å². The second-order valence-corrected chi connectivity index (χ2v) is 8.92. The van der Waals surface area contributed by atoms with E-state index in [0.717, 1.165) is 77.2 Å². The Bertz CT molecular complexity index is 1010. The summed E-state index contributed by atoms with van der Waals surface area (Å²) in [6.45, 7) is 8.04. The first kappa shape index (κ1) is 20.6. The molecular formula is C23H27N3O3S. The molecular weight excluding hydrogens is 398 g/mol. The van der Waals surface area contributed by atoms with Crippen molar-refractivity contribution in [3.63, 3.8) is 0 Å².